The third-order valence-electron chi connectivity index (χ3n) is 7.70. The quantitative estimate of drug-likeness (QED) is 0.0511. The summed E-state index contributed by atoms with van der Waals surface area (Å²) in [6.45, 7) is 66.3. The number of hydrogen-bond acceptors (Lipinski definition) is 3. The zero-order valence-electron chi connectivity index (χ0n) is 42.4. The number of aliphatic hydroxyl groups excluding tert-OH is 2. The molecule has 61 heavy (non-hydrogen) atoms. The summed E-state index contributed by atoms with van der Waals surface area (Å²) >= 11 is 0. The first-order chi connectivity index (χ1) is 30.3. The molecule has 0 aromatic carbocycles. The number of unbranched alkanes of at least 4 members (excludes halogenated alkanes) is 24. The molecule has 0 aromatic rings. The van der Waals surface area contributed by atoms with E-state index in [1.165, 1.54) is 180 Å². The van der Waals surface area contributed by atoms with E-state index < -0.39 is 0 Å². The van der Waals surface area contributed by atoms with Crippen molar-refractivity contribution in [1.82, 2.24) is 0 Å². The van der Waals surface area contributed by atoms with Gasteiger partial charge in [-0.3, -0.25) is 0 Å². The van der Waals surface area contributed by atoms with Gasteiger partial charge in [0.25, 0.3) is 0 Å². The van der Waals surface area contributed by atoms with Gasteiger partial charge in [-0.1, -0.05) is 154 Å². The Labute approximate surface area is 389 Å². The van der Waals surface area contributed by atoms with Gasteiger partial charge in [0.1, 0.15) is 0 Å². The largest absolute Gasteiger partial charge is 0.394 e. The van der Waals surface area contributed by atoms with E-state index in [4.69, 9.17) is 14.9 Å². The number of aliphatic hydroxyl groups is 2. The second kappa shape index (κ2) is 155. The minimum Gasteiger partial charge on any atom is -0.394 e. The zero-order chi connectivity index (χ0) is 50.2. The molecule has 2 N–H and O–H groups in total. The monoisotopic (exact) mass is 861 g/mol. The Kier molecular flexibility index (Phi) is 226. The topological polar surface area (TPSA) is 49.7 Å². The van der Waals surface area contributed by atoms with Gasteiger partial charge in [-0.25, -0.2) is 0 Å². The highest BCUT2D eigenvalue weighted by Crippen LogP contribution is 2.12. The Morgan fingerprint density at radius 1 is 0.262 bits per heavy atom. The lowest BCUT2D eigenvalue weighted by molar-refractivity contribution is 0.125. The van der Waals surface area contributed by atoms with Gasteiger partial charge in [-0.05, 0) is 64.2 Å². The predicted octanol–water partition coefficient (Wildman–Crippen LogP) is 20.1. The first-order valence-electron chi connectivity index (χ1n) is 23.4. The minimum atomic E-state index is -0.125. The number of ether oxygens (including phenoxy) is 1. The van der Waals surface area contributed by atoms with Crippen molar-refractivity contribution in [2.24, 2.45) is 0 Å². The molecule has 3 nitrogen and oxygen atoms in total. The van der Waals surface area contributed by atoms with Crippen LogP contribution in [0, 0.1) is 0 Å². The van der Waals surface area contributed by atoms with Crippen molar-refractivity contribution in [2.45, 2.75) is 194 Å². The van der Waals surface area contributed by atoms with E-state index >= 15 is 0 Å². The van der Waals surface area contributed by atoms with Crippen LogP contribution >= 0.6 is 0 Å². The molecule has 0 fully saturated rings. The molecular formula is C58H116O3. The van der Waals surface area contributed by atoms with E-state index in [1.54, 1.807) is 0 Å². The lowest BCUT2D eigenvalue weighted by atomic mass is 10.1. The maximum absolute atomic E-state index is 7.62. The van der Waals surface area contributed by atoms with Crippen molar-refractivity contribution in [3.05, 3.63) is 156 Å². The summed E-state index contributed by atoms with van der Waals surface area (Å²) in [4.78, 5) is 0. The highest BCUT2D eigenvalue weighted by Gasteiger charge is 1.95. The van der Waals surface area contributed by atoms with E-state index in [1.807, 2.05) is 0 Å². The average molecular weight is 862 g/mol. The summed E-state index contributed by atoms with van der Waals surface area (Å²) in [6, 6.07) is 0. The fraction of sp³-hybridized carbons (Fsp3) is 0.586. The van der Waals surface area contributed by atoms with Crippen molar-refractivity contribution < 1.29 is 14.9 Å². The summed E-state index contributed by atoms with van der Waals surface area (Å²) < 4.78 is 5.85. The van der Waals surface area contributed by atoms with Gasteiger partial charge < -0.3 is 14.9 Å². The SMILES string of the molecule is C=C.C=C.C=C.C=C.C=C.C=C.C=C.C=C.C=C.C=C.CCCCCCCC/C=C\CCCCCCCCOCCCCCCCC/C=C\CCCCCCCC.OCCO. The molecule has 0 aliphatic rings. The Morgan fingerprint density at radius 2 is 0.426 bits per heavy atom. The standard InChI is InChI=1S/C36H70O.C2H6O2.10C2H4/c1-3-5-7-9-11-13-15-17-19-21-23-25-27-29-31-33-35-37-36-34-32-30-28-26-24-22-20-18-16-14-12-10-8-6-4-2;3-1-2-4;10*1-2/h17-20H,3-16,21-36H2,1-2H3;3-4H,1-2H2;10*1-2H2/b19-17-,20-18-;;;;;;;;;;;. The smallest absolute Gasteiger partial charge is 0.0662 e. The van der Waals surface area contributed by atoms with Crippen LogP contribution in [0.5, 0.6) is 0 Å². The van der Waals surface area contributed by atoms with Crippen molar-refractivity contribution >= 4 is 0 Å². The lowest BCUT2D eigenvalue weighted by Gasteiger charge is -2.05. The third kappa shape index (κ3) is 169. The van der Waals surface area contributed by atoms with Gasteiger partial charge in [-0.2, -0.15) is 0 Å². The van der Waals surface area contributed by atoms with Crippen LogP contribution in [0.2, 0.25) is 0 Å². The normalized spacial score (nSPS) is 8.39. The van der Waals surface area contributed by atoms with Crippen LogP contribution < -0.4 is 0 Å². The molecule has 3 heteroatoms. The first-order valence-corrected chi connectivity index (χ1v) is 23.4. The van der Waals surface area contributed by atoms with Crippen LogP contribution in [-0.2, 0) is 4.74 Å². The van der Waals surface area contributed by atoms with E-state index in [0.717, 1.165) is 13.2 Å². The summed E-state index contributed by atoms with van der Waals surface area (Å²) in [5.41, 5.74) is 0. The molecule has 0 rings (SSSR count). The molecule has 0 aromatic heterocycles. The molecule has 0 radical (unpaired) electrons. The lowest BCUT2D eigenvalue weighted by Crippen LogP contribution is -1.97. The molecule has 0 saturated carbocycles. The molecule has 0 amide bonds. The molecular weight excluding hydrogens is 745 g/mol. The third-order valence-corrected chi connectivity index (χ3v) is 7.70. The van der Waals surface area contributed by atoms with E-state index in [2.05, 4.69) is 170 Å². The van der Waals surface area contributed by atoms with Crippen molar-refractivity contribution in [3.8, 4) is 0 Å². The maximum Gasteiger partial charge on any atom is 0.0662 e. The molecule has 0 heterocycles. The second-order valence-electron chi connectivity index (χ2n) is 11.9. The van der Waals surface area contributed by atoms with Gasteiger partial charge in [0, 0.05) is 13.2 Å². The molecule has 0 saturated heterocycles. The zero-order valence-corrected chi connectivity index (χ0v) is 42.4. The summed E-state index contributed by atoms with van der Waals surface area (Å²) in [6.07, 6.45) is 48.1. The average Bonchev–Trinajstić information content (AvgIpc) is 3.37. The summed E-state index contributed by atoms with van der Waals surface area (Å²) in [5, 5.41) is 15.2. The van der Waals surface area contributed by atoms with Crippen LogP contribution in [0.4, 0.5) is 0 Å². The Hall–Kier alpha value is -3.24. The van der Waals surface area contributed by atoms with Gasteiger partial charge in [0.05, 0.1) is 13.2 Å². The fourth-order valence-electron chi connectivity index (χ4n) is 5.01. The van der Waals surface area contributed by atoms with Crippen molar-refractivity contribution in [1.29, 1.82) is 0 Å². The van der Waals surface area contributed by atoms with Crippen LogP contribution in [-0.4, -0.2) is 36.6 Å². The van der Waals surface area contributed by atoms with Gasteiger partial charge in [0.15, 0.2) is 0 Å². The number of rotatable bonds is 33. The highest BCUT2D eigenvalue weighted by molar-refractivity contribution is 4.82. The Morgan fingerprint density at radius 3 is 0.607 bits per heavy atom. The molecule has 0 atom stereocenters. The molecule has 0 spiro atoms. The molecule has 0 aliphatic heterocycles. The molecule has 366 valence electrons. The number of hydrogen-bond donors (Lipinski definition) is 2. The van der Waals surface area contributed by atoms with Gasteiger partial charge >= 0.3 is 0 Å². The van der Waals surface area contributed by atoms with Crippen LogP contribution in [0.1, 0.15) is 194 Å². The second-order valence-corrected chi connectivity index (χ2v) is 11.9. The van der Waals surface area contributed by atoms with E-state index in [0.29, 0.717) is 0 Å². The van der Waals surface area contributed by atoms with E-state index in [9.17, 15) is 0 Å². The van der Waals surface area contributed by atoms with Crippen LogP contribution in [0.15, 0.2) is 156 Å². The maximum atomic E-state index is 7.62. The van der Waals surface area contributed by atoms with Crippen LogP contribution in [0.3, 0.4) is 0 Å². The number of allylic oxidation sites excluding steroid dienone is 4. The molecule has 0 aliphatic carbocycles. The summed E-state index contributed by atoms with van der Waals surface area (Å²) in [7, 11) is 0. The van der Waals surface area contributed by atoms with Crippen molar-refractivity contribution in [3.63, 3.8) is 0 Å². The van der Waals surface area contributed by atoms with Gasteiger partial charge in [0.2, 0.25) is 0 Å². The highest BCUT2D eigenvalue weighted by atomic mass is 16.5. The van der Waals surface area contributed by atoms with Crippen molar-refractivity contribution in [2.75, 3.05) is 26.4 Å². The predicted molar refractivity (Wildman–Crippen MR) is 296 cm³/mol. The van der Waals surface area contributed by atoms with Gasteiger partial charge in [-0.15, -0.1) is 132 Å². The van der Waals surface area contributed by atoms with Crippen LogP contribution in [0.25, 0.3) is 0 Å². The Balaban J connectivity index is -0.0000000844. The molecule has 0 unspecified atom stereocenters. The summed E-state index contributed by atoms with van der Waals surface area (Å²) in [5.74, 6) is 0. The Bertz CT molecular complexity index is 541. The fourth-order valence-corrected chi connectivity index (χ4v) is 5.01. The molecule has 0 bridgehead atoms. The minimum absolute atomic E-state index is 0.125. The van der Waals surface area contributed by atoms with E-state index in [-0.39, 0.29) is 13.2 Å². The first kappa shape index (κ1) is 88.9.